The van der Waals surface area contributed by atoms with Crippen molar-refractivity contribution in [2.24, 2.45) is 10.9 Å². The summed E-state index contributed by atoms with van der Waals surface area (Å²) in [7, 11) is 0. The first-order valence-electron chi connectivity index (χ1n) is 9.79. The quantitative estimate of drug-likeness (QED) is 0.196. The predicted octanol–water partition coefficient (Wildman–Crippen LogP) is 2.68. The fourth-order valence-electron chi connectivity index (χ4n) is 3.76. The molecule has 0 radical (unpaired) electrons. The smallest absolute Gasteiger partial charge is 0.406 e. The monoisotopic (exact) mass is 447 g/mol. The number of amidine groups is 1. The van der Waals surface area contributed by atoms with Crippen LogP contribution in [0, 0.1) is 0 Å². The van der Waals surface area contributed by atoms with Crippen molar-refractivity contribution >= 4 is 27.9 Å². The van der Waals surface area contributed by atoms with Gasteiger partial charge in [0.2, 0.25) is 0 Å². The largest absolute Gasteiger partial charge is 0.409 e. The van der Waals surface area contributed by atoms with Crippen molar-refractivity contribution in [1.29, 1.82) is 0 Å². The molecule has 3 N–H and O–H groups in total. The number of rotatable bonds is 7. The molecule has 0 spiro atoms. The summed E-state index contributed by atoms with van der Waals surface area (Å²) in [6.07, 6.45) is -0.948. The predicted molar refractivity (Wildman–Crippen MR) is 112 cm³/mol. The van der Waals surface area contributed by atoms with Gasteiger partial charge in [0.1, 0.15) is 18.2 Å². The maximum absolute atomic E-state index is 13.1. The Balaban J connectivity index is 1.78. The number of aromatic nitrogens is 5. The first-order valence-corrected chi connectivity index (χ1v) is 9.79. The van der Waals surface area contributed by atoms with Gasteiger partial charge in [0, 0.05) is 19.2 Å². The number of oxime groups is 1. The Labute approximate surface area is 179 Å². The highest BCUT2D eigenvalue weighted by Gasteiger charge is 2.31. The van der Waals surface area contributed by atoms with Gasteiger partial charge in [0.25, 0.3) is 0 Å². The van der Waals surface area contributed by atoms with Crippen molar-refractivity contribution in [3.05, 3.63) is 59.0 Å². The molecule has 168 valence electrons. The number of nitrogens with two attached hydrogens (primary N) is 1. The second-order valence-corrected chi connectivity index (χ2v) is 7.30. The van der Waals surface area contributed by atoms with E-state index in [0.29, 0.717) is 35.3 Å². The van der Waals surface area contributed by atoms with Crippen LogP contribution in [0.3, 0.4) is 0 Å². The first-order chi connectivity index (χ1) is 15.3. The molecule has 1 aromatic carbocycles. The van der Waals surface area contributed by atoms with Gasteiger partial charge in [-0.2, -0.15) is 13.2 Å². The van der Waals surface area contributed by atoms with Crippen LogP contribution < -0.4 is 11.4 Å². The van der Waals surface area contributed by atoms with Gasteiger partial charge in [-0.1, -0.05) is 17.3 Å². The van der Waals surface area contributed by atoms with Gasteiger partial charge in [-0.3, -0.25) is 14.1 Å². The van der Waals surface area contributed by atoms with Crippen LogP contribution in [-0.4, -0.2) is 40.9 Å². The number of imidazole rings is 2. The van der Waals surface area contributed by atoms with E-state index in [0.717, 1.165) is 5.52 Å². The van der Waals surface area contributed by atoms with E-state index in [1.54, 1.807) is 0 Å². The summed E-state index contributed by atoms with van der Waals surface area (Å²) in [5, 5.41) is 11.7. The Hall–Kier alpha value is -3.83. The maximum Gasteiger partial charge on any atom is 0.406 e. The lowest BCUT2D eigenvalue weighted by Gasteiger charge is -2.10. The normalized spacial score (nSPS) is 12.8. The van der Waals surface area contributed by atoms with Gasteiger partial charge in [0.05, 0.1) is 34.8 Å². The molecule has 0 saturated heterocycles. The van der Waals surface area contributed by atoms with E-state index in [4.69, 9.17) is 10.9 Å². The minimum absolute atomic E-state index is 0.0376. The van der Waals surface area contributed by atoms with E-state index in [-0.39, 0.29) is 23.4 Å². The number of aryl methyl sites for hydroxylation is 1. The molecule has 0 unspecified atom stereocenters. The van der Waals surface area contributed by atoms with Gasteiger partial charge in [-0.15, -0.1) is 0 Å². The van der Waals surface area contributed by atoms with Crippen LogP contribution in [0.2, 0.25) is 0 Å². The lowest BCUT2D eigenvalue weighted by Crippen LogP contribution is -2.30. The van der Waals surface area contributed by atoms with Gasteiger partial charge >= 0.3 is 11.9 Å². The van der Waals surface area contributed by atoms with Crippen LogP contribution in [0.5, 0.6) is 0 Å². The van der Waals surface area contributed by atoms with Crippen LogP contribution in [0.1, 0.15) is 18.7 Å². The molecule has 0 aliphatic rings. The Morgan fingerprint density at radius 3 is 2.62 bits per heavy atom. The number of fused-ring (bicyclic) bond motifs is 2. The Kier molecular flexibility index (Phi) is 5.59. The molecule has 4 aromatic rings. The fraction of sp³-hybridized carbons (Fsp3) is 0.300. The topological polar surface area (TPSA) is 116 Å². The lowest BCUT2D eigenvalue weighted by atomic mass is 10.2. The number of alkyl halides is 3. The summed E-state index contributed by atoms with van der Waals surface area (Å²) in [5.41, 5.74) is 6.70. The molecule has 0 fully saturated rings. The van der Waals surface area contributed by atoms with E-state index in [2.05, 4.69) is 15.1 Å². The summed E-state index contributed by atoms with van der Waals surface area (Å²) in [6, 6.07) is 8.74. The zero-order valence-electron chi connectivity index (χ0n) is 16.8. The molecule has 3 heterocycles. The molecule has 0 bridgehead atoms. The third-order valence-electron chi connectivity index (χ3n) is 5.13. The zero-order valence-corrected chi connectivity index (χ0v) is 16.8. The molecule has 0 aliphatic heterocycles. The highest BCUT2D eigenvalue weighted by Crippen LogP contribution is 2.22. The number of nitrogens with zero attached hydrogens (tertiary/aromatic N) is 6. The average Bonchev–Trinajstić information content (AvgIpc) is 3.23. The SMILES string of the molecule is N/C(CCCn1c(Cn2c(=O)n(CC(F)(F)F)c3ccncc32)nc2ccccc21)=N\O. The third-order valence-corrected chi connectivity index (χ3v) is 5.13. The molecule has 0 atom stereocenters. The summed E-state index contributed by atoms with van der Waals surface area (Å²) >= 11 is 0. The second kappa shape index (κ2) is 8.36. The second-order valence-electron chi connectivity index (χ2n) is 7.30. The van der Waals surface area contributed by atoms with Crippen molar-refractivity contribution in [3.8, 4) is 0 Å². The van der Waals surface area contributed by atoms with E-state index in [1.807, 2.05) is 28.8 Å². The minimum atomic E-state index is -4.55. The molecule has 4 rings (SSSR count). The standard InChI is InChI=1S/C20H20F3N7O2/c21-20(22,23)12-30-15-7-8-25-10-16(15)29(19(30)31)11-18-26-13-4-1-2-5-14(13)28(18)9-3-6-17(24)27-32/h1-2,4-5,7-8,10,32H,3,6,9,11-12H2,(H2,24,27). The fourth-order valence-corrected chi connectivity index (χ4v) is 3.76. The van der Waals surface area contributed by atoms with Crippen LogP contribution in [0.25, 0.3) is 22.1 Å². The van der Waals surface area contributed by atoms with Gasteiger partial charge < -0.3 is 15.5 Å². The van der Waals surface area contributed by atoms with E-state index < -0.39 is 18.4 Å². The van der Waals surface area contributed by atoms with E-state index >= 15 is 0 Å². The van der Waals surface area contributed by atoms with Crippen LogP contribution >= 0.6 is 0 Å². The van der Waals surface area contributed by atoms with Crippen molar-refractivity contribution in [3.63, 3.8) is 0 Å². The molecular formula is C20H20F3N7O2. The number of halogens is 3. The molecule has 32 heavy (non-hydrogen) atoms. The highest BCUT2D eigenvalue weighted by molar-refractivity contribution is 5.79. The number of hydrogen-bond acceptors (Lipinski definition) is 5. The van der Waals surface area contributed by atoms with Gasteiger partial charge in [-0.25, -0.2) is 9.78 Å². The molecule has 12 heteroatoms. The summed E-state index contributed by atoms with van der Waals surface area (Å²) in [4.78, 5) is 21.5. The molecule has 0 amide bonds. The first kappa shape index (κ1) is 21.4. The summed E-state index contributed by atoms with van der Waals surface area (Å²) in [5.74, 6) is 0.594. The van der Waals surface area contributed by atoms with Crippen molar-refractivity contribution in [1.82, 2.24) is 23.7 Å². The summed E-state index contributed by atoms with van der Waals surface area (Å²) in [6.45, 7) is -0.972. The molecule has 3 aromatic heterocycles. The van der Waals surface area contributed by atoms with Crippen molar-refractivity contribution in [2.75, 3.05) is 0 Å². The van der Waals surface area contributed by atoms with Crippen LogP contribution in [0.4, 0.5) is 13.2 Å². The van der Waals surface area contributed by atoms with Crippen LogP contribution in [0.15, 0.2) is 52.7 Å². The number of benzene rings is 1. The zero-order chi connectivity index (χ0) is 22.9. The van der Waals surface area contributed by atoms with E-state index in [1.165, 1.54) is 23.0 Å². The van der Waals surface area contributed by atoms with Crippen LogP contribution in [-0.2, 0) is 19.6 Å². The minimum Gasteiger partial charge on any atom is -0.409 e. The molecule has 0 saturated carbocycles. The Morgan fingerprint density at radius 1 is 1.09 bits per heavy atom. The summed E-state index contributed by atoms with van der Waals surface area (Å²) < 4.78 is 43.1. The Morgan fingerprint density at radius 2 is 1.88 bits per heavy atom. The molecule has 9 nitrogen and oxygen atoms in total. The van der Waals surface area contributed by atoms with Gasteiger partial charge in [-0.05, 0) is 24.6 Å². The van der Waals surface area contributed by atoms with Crippen molar-refractivity contribution < 1.29 is 18.4 Å². The highest BCUT2D eigenvalue weighted by atomic mass is 19.4. The maximum atomic E-state index is 13.1. The number of hydrogen-bond donors (Lipinski definition) is 2. The number of para-hydroxylation sites is 2. The lowest BCUT2D eigenvalue weighted by molar-refractivity contribution is -0.140. The average molecular weight is 447 g/mol. The molecular weight excluding hydrogens is 427 g/mol. The van der Waals surface area contributed by atoms with E-state index in [9.17, 15) is 18.0 Å². The molecule has 0 aliphatic carbocycles. The Bertz CT molecular complexity index is 1350. The third kappa shape index (κ3) is 4.15. The van der Waals surface area contributed by atoms with Gasteiger partial charge in [0.15, 0.2) is 0 Å². The number of pyridine rings is 1. The van der Waals surface area contributed by atoms with Crippen molar-refractivity contribution in [2.45, 2.75) is 38.7 Å².